The number of imide groups is 1. The summed E-state index contributed by atoms with van der Waals surface area (Å²) in [5.41, 5.74) is 1.48. The van der Waals surface area contributed by atoms with Crippen molar-refractivity contribution in [3.63, 3.8) is 0 Å². The van der Waals surface area contributed by atoms with E-state index in [4.69, 9.17) is 0 Å². The molecule has 0 atom stereocenters. The molecule has 0 unspecified atom stereocenters. The van der Waals surface area contributed by atoms with Gasteiger partial charge in [-0.1, -0.05) is 0 Å². The third-order valence-electron chi connectivity index (χ3n) is 7.58. The standard InChI is InChI=1S/C17H16NO2.3C4H9.Sn/c1-2-3-4-11-18-16(19)13-9-5-7-12-8-6-10-14(15(12)13)17(18)20;3*1-3-4-2;/h5-7,9-10H,2-4,11H2,1H3;3*1,3-4H2,2H3;. The second kappa shape index (κ2) is 12.4. The molecule has 0 spiro atoms. The molecule has 0 aromatic heterocycles. The van der Waals surface area contributed by atoms with Crippen molar-refractivity contribution in [2.75, 3.05) is 6.54 Å². The Morgan fingerprint density at radius 3 is 1.76 bits per heavy atom. The van der Waals surface area contributed by atoms with Gasteiger partial charge >= 0.3 is 206 Å². The monoisotopic (exact) mass is 557 g/mol. The Morgan fingerprint density at radius 2 is 1.21 bits per heavy atom. The van der Waals surface area contributed by atoms with Crippen LogP contribution in [0.3, 0.4) is 0 Å². The van der Waals surface area contributed by atoms with E-state index in [0.29, 0.717) is 6.54 Å². The second-order valence-electron chi connectivity index (χ2n) is 9.95. The first-order chi connectivity index (χ1) is 16.0. The fourth-order valence-electron chi connectivity index (χ4n) is 5.66. The van der Waals surface area contributed by atoms with Crippen LogP contribution in [0, 0.1) is 0 Å². The van der Waals surface area contributed by atoms with E-state index in [1.807, 2.05) is 6.07 Å². The van der Waals surface area contributed by atoms with Gasteiger partial charge in [0.2, 0.25) is 0 Å². The van der Waals surface area contributed by atoms with Crippen LogP contribution in [0.15, 0.2) is 30.3 Å². The Balaban J connectivity index is 2.15. The SMILES string of the molecule is CCCCCN1C(=O)c2cccc3[c]([Sn]([CH2]CCC)([CH2]CCC)[CH2]CCC)ccc(c23)C1=O. The van der Waals surface area contributed by atoms with Gasteiger partial charge in [0.1, 0.15) is 0 Å². The fourth-order valence-corrected chi connectivity index (χ4v) is 22.4. The topological polar surface area (TPSA) is 37.4 Å². The van der Waals surface area contributed by atoms with Crippen molar-refractivity contribution in [2.45, 2.75) is 98.8 Å². The number of benzene rings is 2. The molecule has 0 saturated carbocycles. The molecule has 180 valence electrons. The van der Waals surface area contributed by atoms with Crippen LogP contribution in [0.2, 0.25) is 13.3 Å². The zero-order chi connectivity index (χ0) is 23.8. The predicted molar refractivity (Wildman–Crippen MR) is 143 cm³/mol. The summed E-state index contributed by atoms with van der Waals surface area (Å²) in [5, 5.41) is 2.17. The third kappa shape index (κ3) is 5.49. The molecule has 1 heterocycles. The summed E-state index contributed by atoms with van der Waals surface area (Å²) < 4.78 is 5.72. The van der Waals surface area contributed by atoms with Crippen LogP contribution in [-0.2, 0) is 0 Å². The van der Waals surface area contributed by atoms with Gasteiger partial charge in [-0.15, -0.1) is 0 Å². The molecule has 0 fully saturated rings. The van der Waals surface area contributed by atoms with E-state index in [2.05, 4.69) is 52.0 Å². The van der Waals surface area contributed by atoms with E-state index >= 15 is 0 Å². The summed E-state index contributed by atoms with van der Waals surface area (Å²) >= 11 is -2.71. The molecule has 0 saturated heterocycles. The van der Waals surface area contributed by atoms with Gasteiger partial charge in [-0.25, -0.2) is 0 Å². The summed E-state index contributed by atoms with van der Waals surface area (Å²) in [4.78, 5) is 28.3. The normalized spacial score (nSPS) is 13.9. The van der Waals surface area contributed by atoms with E-state index in [1.54, 1.807) is 3.58 Å². The minimum absolute atomic E-state index is 0.0946. The maximum atomic E-state index is 13.4. The first kappa shape index (κ1) is 26.2. The van der Waals surface area contributed by atoms with Gasteiger partial charge < -0.3 is 0 Å². The number of carbonyl (C=O) groups excluding carboxylic acids is 2. The average Bonchev–Trinajstić information content (AvgIpc) is 2.84. The number of amides is 2. The molecular weight excluding hydrogens is 513 g/mol. The van der Waals surface area contributed by atoms with Gasteiger partial charge in [0.25, 0.3) is 0 Å². The van der Waals surface area contributed by atoms with E-state index in [0.717, 1.165) is 35.8 Å². The van der Waals surface area contributed by atoms with Gasteiger partial charge in [0, 0.05) is 0 Å². The van der Waals surface area contributed by atoms with Crippen molar-refractivity contribution >= 4 is 44.5 Å². The van der Waals surface area contributed by atoms with E-state index in [1.165, 1.54) is 62.1 Å². The predicted octanol–water partition coefficient (Wildman–Crippen LogP) is 7.68. The van der Waals surface area contributed by atoms with Crippen molar-refractivity contribution in [2.24, 2.45) is 0 Å². The van der Waals surface area contributed by atoms with Gasteiger partial charge in [0.05, 0.1) is 0 Å². The van der Waals surface area contributed by atoms with E-state index < -0.39 is 18.4 Å². The summed E-state index contributed by atoms with van der Waals surface area (Å²) in [5.74, 6) is -0.189. The fraction of sp³-hybridized carbons (Fsp3) is 0.586. The molecule has 2 aromatic rings. The number of rotatable bonds is 14. The molecule has 1 aliphatic rings. The van der Waals surface area contributed by atoms with Crippen LogP contribution in [0.25, 0.3) is 10.8 Å². The number of hydrogen-bond donors (Lipinski definition) is 0. The molecule has 3 nitrogen and oxygen atoms in total. The molecule has 2 aromatic carbocycles. The average molecular weight is 556 g/mol. The Morgan fingerprint density at radius 1 is 0.667 bits per heavy atom. The summed E-state index contributed by atoms with van der Waals surface area (Å²) in [6, 6.07) is 10.6. The molecular formula is C29H43NO2Sn. The first-order valence-electron chi connectivity index (χ1n) is 13.5. The summed E-state index contributed by atoms with van der Waals surface area (Å²) in [6.07, 6.45) is 10.6. The van der Waals surface area contributed by atoms with Crippen molar-refractivity contribution in [3.8, 4) is 0 Å². The quantitative estimate of drug-likeness (QED) is 0.136. The molecule has 4 heteroatoms. The molecule has 0 radical (unpaired) electrons. The van der Waals surface area contributed by atoms with Gasteiger partial charge in [-0.05, 0) is 0 Å². The van der Waals surface area contributed by atoms with Gasteiger partial charge in [-0.2, -0.15) is 0 Å². The number of unbranched alkanes of at least 4 members (excludes halogenated alkanes) is 5. The number of carbonyl (C=O) groups is 2. The van der Waals surface area contributed by atoms with Crippen molar-refractivity contribution in [3.05, 3.63) is 41.5 Å². The van der Waals surface area contributed by atoms with Crippen LogP contribution in [0.4, 0.5) is 0 Å². The van der Waals surface area contributed by atoms with E-state index in [9.17, 15) is 9.59 Å². The molecule has 0 N–H and O–H groups in total. The molecule has 0 bridgehead atoms. The molecule has 1 aliphatic heterocycles. The molecule has 3 rings (SSSR count). The summed E-state index contributed by atoms with van der Waals surface area (Å²) in [7, 11) is 0. The van der Waals surface area contributed by atoms with Crippen LogP contribution in [-0.4, -0.2) is 41.6 Å². The third-order valence-corrected chi connectivity index (χ3v) is 23.3. The second-order valence-corrected chi connectivity index (χ2v) is 23.1. The zero-order valence-electron chi connectivity index (χ0n) is 21.3. The molecule has 33 heavy (non-hydrogen) atoms. The number of hydrogen-bond acceptors (Lipinski definition) is 2. The Bertz CT molecular complexity index is 923. The van der Waals surface area contributed by atoms with Gasteiger partial charge in [-0.3, -0.25) is 0 Å². The zero-order valence-corrected chi connectivity index (χ0v) is 24.2. The maximum absolute atomic E-state index is 13.4. The Hall–Kier alpha value is -1.36. The Labute approximate surface area is 205 Å². The first-order valence-corrected chi connectivity index (χ1v) is 20.9. The van der Waals surface area contributed by atoms with Crippen molar-refractivity contribution in [1.82, 2.24) is 4.90 Å². The van der Waals surface area contributed by atoms with Gasteiger partial charge in [0.15, 0.2) is 0 Å². The minimum atomic E-state index is -2.71. The van der Waals surface area contributed by atoms with Crippen LogP contribution >= 0.6 is 0 Å². The van der Waals surface area contributed by atoms with Crippen LogP contribution in [0.1, 0.15) is 106 Å². The van der Waals surface area contributed by atoms with Crippen LogP contribution < -0.4 is 3.58 Å². The van der Waals surface area contributed by atoms with E-state index in [-0.39, 0.29) is 11.8 Å². The number of nitrogens with zero attached hydrogens (tertiary/aromatic N) is 1. The Kier molecular flexibility index (Phi) is 9.84. The summed E-state index contributed by atoms with van der Waals surface area (Å²) in [6.45, 7) is 9.58. The molecule has 0 aliphatic carbocycles. The molecule has 2 amide bonds. The van der Waals surface area contributed by atoms with Crippen molar-refractivity contribution < 1.29 is 9.59 Å². The van der Waals surface area contributed by atoms with Crippen molar-refractivity contribution in [1.29, 1.82) is 0 Å². The van der Waals surface area contributed by atoms with Crippen LogP contribution in [0.5, 0.6) is 0 Å².